The third-order valence-electron chi connectivity index (χ3n) is 5.01. The molecule has 0 unspecified atom stereocenters. The van der Waals surface area contributed by atoms with E-state index in [1.807, 2.05) is 43.3 Å². The maximum Gasteiger partial charge on any atom is 0.292 e. The lowest BCUT2D eigenvalue weighted by atomic mass is 10.2. The fourth-order valence-electron chi connectivity index (χ4n) is 3.47. The quantitative estimate of drug-likeness (QED) is 0.622. The summed E-state index contributed by atoms with van der Waals surface area (Å²) in [7, 11) is 6.11. The van der Waals surface area contributed by atoms with Crippen LogP contribution in [-0.2, 0) is 9.59 Å². The monoisotopic (exact) mass is 318 g/mol. The summed E-state index contributed by atoms with van der Waals surface area (Å²) in [5.41, 5.74) is 1.74. The Morgan fingerprint density at radius 2 is 1.65 bits per heavy atom. The molecule has 0 saturated carbocycles. The molecule has 0 bridgehead atoms. The molecule has 1 atom stereocenters. The number of quaternary nitrogens is 2. The third-order valence-corrected chi connectivity index (χ3v) is 5.01. The van der Waals surface area contributed by atoms with Gasteiger partial charge in [-0.3, -0.25) is 9.59 Å². The maximum atomic E-state index is 12.8. The summed E-state index contributed by atoms with van der Waals surface area (Å²) in [4.78, 5) is 31.3. The van der Waals surface area contributed by atoms with Crippen LogP contribution < -0.4 is 19.6 Å². The van der Waals surface area contributed by atoms with Gasteiger partial charge in [0.2, 0.25) is 5.91 Å². The van der Waals surface area contributed by atoms with Crippen LogP contribution in [0.3, 0.4) is 0 Å². The van der Waals surface area contributed by atoms with Gasteiger partial charge in [-0.1, -0.05) is 0 Å². The van der Waals surface area contributed by atoms with Crippen molar-refractivity contribution >= 4 is 23.2 Å². The van der Waals surface area contributed by atoms with Crippen LogP contribution in [0.25, 0.3) is 0 Å². The van der Waals surface area contributed by atoms with Crippen LogP contribution in [0, 0.1) is 0 Å². The van der Waals surface area contributed by atoms with E-state index in [2.05, 4.69) is 7.05 Å². The minimum Gasteiger partial charge on any atom is -0.378 e. The van der Waals surface area contributed by atoms with E-state index in [9.17, 15) is 9.59 Å². The van der Waals surface area contributed by atoms with Crippen LogP contribution in [-0.4, -0.2) is 65.2 Å². The Morgan fingerprint density at radius 1 is 1.04 bits per heavy atom. The summed E-state index contributed by atoms with van der Waals surface area (Å²) in [5, 5.41) is 0. The molecule has 6 nitrogen and oxygen atoms in total. The van der Waals surface area contributed by atoms with E-state index in [4.69, 9.17) is 0 Å². The lowest BCUT2D eigenvalue weighted by Crippen LogP contribution is -3.29. The molecule has 2 fully saturated rings. The Morgan fingerprint density at radius 3 is 2.22 bits per heavy atom. The van der Waals surface area contributed by atoms with Gasteiger partial charge < -0.3 is 14.7 Å². The van der Waals surface area contributed by atoms with Crippen molar-refractivity contribution in [2.75, 3.05) is 57.1 Å². The highest BCUT2D eigenvalue weighted by molar-refractivity contribution is 6.21. The standard InChI is InChI=1S/C17H24N4O2/c1-18(2)13-4-6-14(7-5-13)21-16(22)12-15(17(21)23)20-10-8-19(3)9-11-20/h4-7,15H,8-12H2,1-3H3/p+2/t15-/m0/s1. The molecule has 6 heteroatoms. The second kappa shape index (κ2) is 6.29. The van der Waals surface area contributed by atoms with Gasteiger partial charge >= 0.3 is 0 Å². The molecule has 2 aliphatic rings. The van der Waals surface area contributed by atoms with Crippen molar-refractivity contribution in [3.05, 3.63) is 24.3 Å². The van der Waals surface area contributed by atoms with E-state index >= 15 is 0 Å². The molecule has 1 aromatic carbocycles. The molecule has 2 saturated heterocycles. The fraction of sp³-hybridized carbons (Fsp3) is 0.529. The molecule has 0 aliphatic carbocycles. The van der Waals surface area contributed by atoms with E-state index in [-0.39, 0.29) is 17.9 Å². The van der Waals surface area contributed by atoms with Crippen LogP contribution in [0.4, 0.5) is 11.4 Å². The van der Waals surface area contributed by atoms with E-state index in [1.54, 1.807) is 0 Å². The van der Waals surface area contributed by atoms with Gasteiger partial charge in [0.15, 0.2) is 6.04 Å². The Hall–Kier alpha value is -1.92. The van der Waals surface area contributed by atoms with Gasteiger partial charge in [-0.15, -0.1) is 0 Å². The van der Waals surface area contributed by atoms with Gasteiger partial charge in [0.1, 0.15) is 26.2 Å². The minimum atomic E-state index is -0.205. The SMILES string of the molecule is CN(C)c1ccc(N2C(=O)C[C@H]([NH+]3CC[NH+](C)CC3)C2=O)cc1. The topological polar surface area (TPSA) is 49.5 Å². The Balaban J connectivity index is 1.76. The number of rotatable bonds is 3. The number of carbonyl (C=O) groups excluding carboxylic acids is 2. The van der Waals surface area contributed by atoms with Gasteiger partial charge in [0.05, 0.1) is 19.2 Å². The van der Waals surface area contributed by atoms with Crippen molar-refractivity contribution in [3.63, 3.8) is 0 Å². The van der Waals surface area contributed by atoms with Crippen LogP contribution in [0.5, 0.6) is 0 Å². The van der Waals surface area contributed by atoms with Crippen molar-refractivity contribution in [2.24, 2.45) is 0 Å². The van der Waals surface area contributed by atoms with Crippen molar-refractivity contribution in [2.45, 2.75) is 12.5 Å². The summed E-state index contributed by atoms with van der Waals surface area (Å²) in [6.45, 7) is 4.04. The number of amides is 2. The third kappa shape index (κ3) is 3.09. The number of nitrogens with zero attached hydrogens (tertiary/aromatic N) is 2. The molecule has 2 heterocycles. The normalized spacial score (nSPS) is 28.3. The Bertz CT molecular complexity index is 591. The average Bonchev–Trinajstić information content (AvgIpc) is 2.83. The van der Waals surface area contributed by atoms with E-state index in [0.29, 0.717) is 12.1 Å². The number of likely N-dealkylation sites (N-methyl/N-ethyl adjacent to an activating group) is 1. The molecular formula is C17H26N4O2+2. The van der Waals surface area contributed by atoms with E-state index < -0.39 is 0 Å². The molecule has 2 N–H and O–H groups in total. The van der Waals surface area contributed by atoms with Crippen LogP contribution >= 0.6 is 0 Å². The molecule has 23 heavy (non-hydrogen) atoms. The number of carbonyl (C=O) groups is 2. The number of nitrogens with one attached hydrogen (secondary N) is 2. The molecule has 0 aromatic heterocycles. The number of hydrogen-bond donors (Lipinski definition) is 2. The van der Waals surface area contributed by atoms with Crippen molar-refractivity contribution in [1.82, 2.24) is 0 Å². The molecular weight excluding hydrogens is 292 g/mol. The average molecular weight is 318 g/mol. The molecule has 1 aromatic rings. The largest absolute Gasteiger partial charge is 0.378 e. The number of anilines is 2. The zero-order valence-electron chi connectivity index (χ0n) is 14.1. The van der Waals surface area contributed by atoms with Gasteiger partial charge in [-0.25, -0.2) is 4.90 Å². The lowest BCUT2D eigenvalue weighted by molar-refractivity contribution is -1.01. The second-order valence-electron chi connectivity index (χ2n) is 6.85. The van der Waals surface area contributed by atoms with Gasteiger partial charge in [-0.05, 0) is 24.3 Å². The maximum absolute atomic E-state index is 12.8. The second-order valence-corrected chi connectivity index (χ2v) is 6.85. The lowest BCUT2D eigenvalue weighted by Gasteiger charge is -2.30. The van der Waals surface area contributed by atoms with Crippen LogP contribution in [0.2, 0.25) is 0 Å². The zero-order chi connectivity index (χ0) is 16.6. The van der Waals surface area contributed by atoms with Crippen LogP contribution in [0.1, 0.15) is 6.42 Å². The summed E-state index contributed by atoms with van der Waals surface area (Å²) in [5.74, 6) is -0.112. The predicted molar refractivity (Wildman–Crippen MR) is 89.0 cm³/mol. The van der Waals surface area contributed by atoms with E-state index in [1.165, 1.54) is 14.7 Å². The number of imide groups is 1. The predicted octanol–water partition coefficient (Wildman–Crippen LogP) is -2.20. The summed E-state index contributed by atoms with van der Waals surface area (Å²) in [6, 6.07) is 7.39. The number of hydrogen-bond acceptors (Lipinski definition) is 3. The summed E-state index contributed by atoms with van der Waals surface area (Å²) >= 11 is 0. The summed E-state index contributed by atoms with van der Waals surface area (Å²) < 4.78 is 0. The highest BCUT2D eigenvalue weighted by Crippen LogP contribution is 2.24. The first-order valence-electron chi connectivity index (χ1n) is 8.27. The number of benzene rings is 1. The van der Waals surface area contributed by atoms with Gasteiger partial charge in [0.25, 0.3) is 5.91 Å². The Kier molecular flexibility index (Phi) is 4.37. The number of piperazine rings is 1. The fourth-order valence-corrected chi connectivity index (χ4v) is 3.47. The molecule has 0 radical (unpaired) electrons. The first-order valence-corrected chi connectivity index (χ1v) is 8.27. The van der Waals surface area contributed by atoms with Crippen molar-refractivity contribution in [1.29, 1.82) is 0 Å². The molecule has 0 spiro atoms. The van der Waals surface area contributed by atoms with Crippen LogP contribution in [0.15, 0.2) is 24.3 Å². The molecule has 2 aliphatic heterocycles. The molecule has 124 valence electrons. The Labute approximate surface area is 137 Å². The van der Waals surface area contributed by atoms with Crippen molar-refractivity contribution in [3.8, 4) is 0 Å². The minimum absolute atomic E-state index is 0.0397. The zero-order valence-corrected chi connectivity index (χ0v) is 14.1. The molecule has 2 amide bonds. The van der Waals surface area contributed by atoms with Crippen molar-refractivity contribution < 1.29 is 19.4 Å². The highest BCUT2D eigenvalue weighted by atomic mass is 16.2. The van der Waals surface area contributed by atoms with E-state index in [0.717, 1.165) is 31.9 Å². The first-order chi connectivity index (χ1) is 11.0. The smallest absolute Gasteiger partial charge is 0.292 e. The van der Waals surface area contributed by atoms with Gasteiger partial charge in [0, 0.05) is 19.8 Å². The first kappa shape index (κ1) is 16.0. The highest BCUT2D eigenvalue weighted by Gasteiger charge is 2.46. The molecule has 3 rings (SSSR count). The summed E-state index contributed by atoms with van der Waals surface area (Å²) in [6.07, 6.45) is 0.336. The van der Waals surface area contributed by atoms with Gasteiger partial charge in [-0.2, -0.15) is 0 Å².